The van der Waals surface area contributed by atoms with Gasteiger partial charge < -0.3 is 0 Å². The third-order valence-corrected chi connectivity index (χ3v) is 26.7. The van der Waals surface area contributed by atoms with E-state index in [4.69, 9.17) is 0 Å². The molecule has 2 unspecified atom stereocenters. The van der Waals surface area contributed by atoms with Gasteiger partial charge in [-0.15, -0.1) is 0 Å². The van der Waals surface area contributed by atoms with Crippen LogP contribution in [-0.2, 0) is 33.2 Å². The van der Waals surface area contributed by atoms with Crippen LogP contribution in [0, 0.1) is 5.92 Å². The molecule has 3 aliphatic rings. The van der Waals surface area contributed by atoms with Crippen LogP contribution >= 0.6 is 0 Å². The number of aryl methyl sites for hydroxylation is 2. The number of benzene rings is 2. The molecule has 2 aromatic carbocycles. The molecule has 0 bridgehead atoms. The van der Waals surface area contributed by atoms with Gasteiger partial charge in [0.15, 0.2) is 0 Å². The number of hydrogen-bond acceptors (Lipinski definition) is 0. The standard InChI is InChI=1S/C18H15.C9H13.C2H6Si.Zr/c1-2-5-13(6-3-1)17-10-9-16-11-14-7-4-8-15(14)12-18(16)17;1-6-5-7(2)9(4)8(6)3;1-3-2;/h1-3,5-6,9-12H,4,7-8H2;6H,1-4H3;1-2H3;. The first-order valence-electron chi connectivity index (χ1n) is 11.9. The molecule has 0 aromatic heterocycles. The Kier molecular flexibility index (Phi) is 5.76. The number of hydrogen-bond donors (Lipinski definition) is 0. The second-order valence-corrected chi connectivity index (χ2v) is 27.4. The van der Waals surface area contributed by atoms with E-state index < -0.39 is 20.4 Å². The zero-order valence-electron chi connectivity index (χ0n) is 19.9. The molecule has 0 fully saturated rings. The van der Waals surface area contributed by atoms with Crippen molar-refractivity contribution in [3.05, 3.63) is 96.4 Å². The molecule has 0 saturated heterocycles. The first-order chi connectivity index (χ1) is 14.9. The van der Waals surface area contributed by atoms with Gasteiger partial charge in [0.2, 0.25) is 0 Å². The van der Waals surface area contributed by atoms with E-state index in [1.807, 2.05) is 3.28 Å². The normalized spacial score (nSPS) is 22.1. The fourth-order valence-electron chi connectivity index (χ4n) is 6.14. The van der Waals surface area contributed by atoms with Crippen LogP contribution in [0.3, 0.4) is 0 Å². The fraction of sp³-hybridized carbons (Fsp3) is 0.379. The van der Waals surface area contributed by atoms with Gasteiger partial charge in [0, 0.05) is 0 Å². The Balaban J connectivity index is 1.72. The van der Waals surface area contributed by atoms with Gasteiger partial charge in [0.25, 0.3) is 0 Å². The molecule has 0 radical (unpaired) electrons. The third-order valence-electron chi connectivity index (χ3n) is 8.09. The van der Waals surface area contributed by atoms with Gasteiger partial charge in [-0.25, -0.2) is 0 Å². The molecular formula is C29H34SiZr. The number of allylic oxidation sites excluding steroid dienone is 5. The average Bonchev–Trinajstić information content (AvgIpc) is 3.42. The summed E-state index contributed by atoms with van der Waals surface area (Å²) in [5.74, 6) is 0.668. The second-order valence-electron chi connectivity index (χ2n) is 9.97. The molecule has 0 N–H and O–H groups in total. The van der Waals surface area contributed by atoms with Crippen molar-refractivity contribution in [2.24, 2.45) is 5.92 Å². The van der Waals surface area contributed by atoms with Gasteiger partial charge in [0.05, 0.1) is 0 Å². The van der Waals surface area contributed by atoms with E-state index in [1.165, 1.54) is 30.4 Å². The maximum atomic E-state index is 2.73. The van der Waals surface area contributed by atoms with Crippen molar-refractivity contribution in [3.8, 4) is 0 Å². The minimum atomic E-state index is -1.92. The molecule has 0 aliphatic heterocycles. The quantitative estimate of drug-likeness (QED) is 0.376. The predicted octanol–water partition coefficient (Wildman–Crippen LogP) is 7.79. The summed E-state index contributed by atoms with van der Waals surface area (Å²) in [6, 6.07) is 16.4. The van der Waals surface area contributed by atoms with E-state index in [2.05, 4.69) is 89.3 Å². The maximum absolute atomic E-state index is 2.73. The van der Waals surface area contributed by atoms with Crippen molar-refractivity contribution in [1.29, 1.82) is 0 Å². The Morgan fingerprint density at radius 3 is 2.19 bits per heavy atom. The third kappa shape index (κ3) is 3.50. The molecule has 0 heterocycles. The average molecular weight is 502 g/mol. The molecule has 3 aliphatic carbocycles. The first-order valence-corrected chi connectivity index (χ1v) is 20.7. The molecule has 0 nitrogen and oxygen atoms in total. The molecule has 2 heteroatoms. The van der Waals surface area contributed by atoms with Crippen molar-refractivity contribution < 1.29 is 20.4 Å². The van der Waals surface area contributed by atoms with E-state index >= 15 is 0 Å². The van der Waals surface area contributed by atoms with Crippen LogP contribution in [0.5, 0.6) is 0 Å². The van der Waals surface area contributed by atoms with Crippen LogP contribution in [0.25, 0.3) is 5.57 Å². The molecule has 158 valence electrons. The molecule has 5 rings (SSSR count). The second kappa shape index (κ2) is 8.27. The van der Waals surface area contributed by atoms with Crippen molar-refractivity contribution >= 4 is 11.0 Å². The SMILES string of the molecule is CC1=C(C)C(C)[C]([Zr]([CH]2C=C(c3ccccc3)c3cc4c(cc32)CCC4)=[Si](C)C)=C1C. The number of fused-ring (bicyclic) bond motifs is 2. The van der Waals surface area contributed by atoms with E-state index in [1.54, 1.807) is 39.0 Å². The minimum absolute atomic E-state index is 0.343. The summed E-state index contributed by atoms with van der Waals surface area (Å²) in [6.45, 7) is 14.9. The Morgan fingerprint density at radius 2 is 1.58 bits per heavy atom. The zero-order chi connectivity index (χ0) is 21.9. The van der Waals surface area contributed by atoms with Gasteiger partial charge >= 0.3 is 197 Å². The first kappa shape index (κ1) is 21.6. The van der Waals surface area contributed by atoms with Gasteiger partial charge in [-0.2, -0.15) is 0 Å². The summed E-state index contributed by atoms with van der Waals surface area (Å²) in [4.78, 5) is 0. The van der Waals surface area contributed by atoms with Crippen molar-refractivity contribution in [1.82, 2.24) is 0 Å². The van der Waals surface area contributed by atoms with Gasteiger partial charge in [-0.05, 0) is 0 Å². The Labute approximate surface area is 196 Å². The summed E-state index contributed by atoms with van der Waals surface area (Å²) in [7, 11) is 0. The van der Waals surface area contributed by atoms with Crippen LogP contribution in [0.2, 0.25) is 13.1 Å². The molecular weight excluding hydrogens is 468 g/mol. The molecule has 2 aromatic rings. The van der Waals surface area contributed by atoms with Crippen LogP contribution in [0.15, 0.2) is 68.5 Å². The topological polar surface area (TPSA) is 0 Å². The van der Waals surface area contributed by atoms with Crippen molar-refractivity contribution in [2.75, 3.05) is 0 Å². The summed E-state index contributed by atoms with van der Waals surface area (Å²) in [5, 5.41) is 0. The van der Waals surface area contributed by atoms with Gasteiger partial charge in [-0.3, -0.25) is 0 Å². The van der Waals surface area contributed by atoms with Crippen LogP contribution in [0.1, 0.15) is 65.6 Å². The molecule has 31 heavy (non-hydrogen) atoms. The van der Waals surface area contributed by atoms with Crippen LogP contribution in [0.4, 0.5) is 0 Å². The summed E-state index contributed by atoms with van der Waals surface area (Å²) in [6.07, 6.45) is 6.61. The summed E-state index contributed by atoms with van der Waals surface area (Å²) < 4.78 is 2.63. The Hall–Kier alpha value is -1.24. The summed E-state index contributed by atoms with van der Waals surface area (Å²) >= 11 is -1.92. The van der Waals surface area contributed by atoms with Gasteiger partial charge in [-0.1, -0.05) is 0 Å². The molecule has 0 saturated carbocycles. The zero-order valence-corrected chi connectivity index (χ0v) is 23.4. The number of rotatable bonds is 3. The molecule has 2 atom stereocenters. The van der Waals surface area contributed by atoms with Crippen LogP contribution < -0.4 is 0 Å². The van der Waals surface area contributed by atoms with Crippen molar-refractivity contribution in [3.63, 3.8) is 0 Å². The van der Waals surface area contributed by atoms with Crippen LogP contribution in [-0.4, -0.2) is 5.43 Å². The van der Waals surface area contributed by atoms with Crippen molar-refractivity contribution in [2.45, 2.75) is 63.7 Å². The monoisotopic (exact) mass is 500 g/mol. The van der Waals surface area contributed by atoms with Gasteiger partial charge in [0.1, 0.15) is 0 Å². The van der Waals surface area contributed by atoms with E-state index in [9.17, 15) is 0 Å². The Morgan fingerprint density at radius 1 is 0.903 bits per heavy atom. The molecule has 0 amide bonds. The van der Waals surface area contributed by atoms with E-state index in [0.29, 0.717) is 9.54 Å². The Bertz CT molecular complexity index is 1200. The molecule has 0 spiro atoms. The van der Waals surface area contributed by atoms with E-state index in [0.717, 1.165) is 0 Å². The van der Waals surface area contributed by atoms with E-state index in [-0.39, 0.29) is 5.43 Å². The predicted molar refractivity (Wildman–Crippen MR) is 132 cm³/mol. The summed E-state index contributed by atoms with van der Waals surface area (Å²) in [5.41, 5.74) is 14.0. The fourth-order valence-corrected chi connectivity index (χ4v) is 25.8.